The van der Waals surface area contributed by atoms with Crippen molar-refractivity contribution in [2.24, 2.45) is 23.5 Å². The van der Waals surface area contributed by atoms with Gasteiger partial charge >= 0.3 is 0 Å². The lowest BCUT2D eigenvalue weighted by atomic mass is 9.80. The fourth-order valence-electron chi connectivity index (χ4n) is 2.50. The maximum atomic E-state index is 8.99. The predicted octanol–water partition coefficient (Wildman–Crippen LogP) is 2.11. The average molecular weight is 231 g/mol. The largest absolute Gasteiger partial charge is 0.396 e. The van der Waals surface area contributed by atoms with Crippen LogP contribution in [0.1, 0.15) is 33.6 Å². The Kier molecular flexibility index (Phi) is 5.44. The number of hydrogen-bond acceptors (Lipinski definition) is 3. The zero-order valence-electron chi connectivity index (χ0n) is 10.1. The summed E-state index contributed by atoms with van der Waals surface area (Å²) in [6.45, 7) is 7.00. The van der Waals surface area contributed by atoms with Crippen LogP contribution in [-0.2, 0) is 0 Å². The van der Waals surface area contributed by atoms with Crippen LogP contribution in [0.5, 0.6) is 0 Å². The Morgan fingerprint density at radius 1 is 1.40 bits per heavy atom. The van der Waals surface area contributed by atoms with Crippen LogP contribution in [0.4, 0.5) is 0 Å². The Balaban J connectivity index is 2.39. The molecule has 5 atom stereocenters. The minimum Gasteiger partial charge on any atom is -0.396 e. The SMILES string of the molecule is CC(CO)CSC1C(C)CC(C)CC1N. The number of aliphatic hydroxyl groups is 1. The van der Waals surface area contributed by atoms with E-state index in [2.05, 4.69) is 20.8 Å². The summed E-state index contributed by atoms with van der Waals surface area (Å²) in [6.07, 6.45) is 2.47. The molecule has 1 aliphatic rings. The minimum atomic E-state index is 0.291. The first kappa shape index (κ1) is 13.3. The smallest absolute Gasteiger partial charge is 0.0464 e. The second-order valence-electron chi connectivity index (χ2n) is 5.30. The van der Waals surface area contributed by atoms with Crippen LogP contribution in [0.25, 0.3) is 0 Å². The summed E-state index contributed by atoms with van der Waals surface area (Å²) in [6, 6.07) is 0.347. The fraction of sp³-hybridized carbons (Fsp3) is 1.00. The number of nitrogens with two attached hydrogens (primary N) is 1. The maximum absolute atomic E-state index is 8.99. The van der Waals surface area contributed by atoms with E-state index in [4.69, 9.17) is 10.8 Å². The van der Waals surface area contributed by atoms with Gasteiger partial charge in [-0.2, -0.15) is 11.8 Å². The zero-order chi connectivity index (χ0) is 11.4. The lowest BCUT2D eigenvalue weighted by molar-refractivity contribution is 0.249. The van der Waals surface area contributed by atoms with Gasteiger partial charge in [0.2, 0.25) is 0 Å². The van der Waals surface area contributed by atoms with E-state index in [0.29, 0.717) is 23.8 Å². The molecule has 90 valence electrons. The third-order valence-electron chi connectivity index (χ3n) is 3.32. The predicted molar refractivity (Wildman–Crippen MR) is 68.0 cm³/mol. The molecule has 0 aromatic carbocycles. The van der Waals surface area contributed by atoms with E-state index in [1.165, 1.54) is 6.42 Å². The lowest BCUT2D eigenvalue weighted by Crippen LogP contribution is -2.43. The van der Waals surface area contributed by atoms with Gasteiger partial charge in [0.05, 0.1) is 0 Å². The van der Waals surface area contributed by atoms with Crippen molar-refractivity contribution in [3.63, 3.8) is 0 Å². The highest BCUT2D eigenvalue weighted by atomic mass is 32.2. The average Bonchev–Trinajstić information content (AvgIpc) is 2.15. The number of aliphatic hydroxyl groups excluding tert-OH is 1. The molecule has 3 N–H and O–H groups in total. The second-order valence-corrected chi connectivity index (χ2v) is 6.51. The van der Waals surface area contributed by atoms with Crippen molar-refractivity contribution in [3.05, 3.63) is 0 Å². The molecular weight excluding hydrogens is 206 g/mol. The first-order valence-corrected chi connectivity index (χ1v) is 7.07. The Morgan fingerprint density at radius 2 is 2.07 bits per heavy atom. The van der Waals surface area contributed by atoms with Gasteiger partial charge in [-0.3, -0.25) is 0 Å². The van der Waals surface area contributed by atoms with Crippen molar-refractivity contribution in [3.8, 4) is 0 Å². The van der Waals surface area contributed by atoms with Crippen LogP contribution >= 0.6 is 11.8 Å². The van der Waals surface area contributed by atoms with E-state index < -0.39 is 0 Å². The summed E-state index contributed by atoms with van der Waals surface area (Å²) in [7, 11) is 0. The molecule has 1 rings (SSSR count). The fourth-order valence-corrected chi connectivity index (χ4v) is 3.96. The summed E-state index contributed by atoms with van der Waals surface area (Å²) in [4.78, 5) is 0. The van der Waals surface area contributed by atoms with Crippen molar-refractivity contribution in [2.45, 2.75) is 44.9 Å². The Bertz CT molecular complexity index is 176. The van der Waals surface area contributed by atoms with Gasteiger partial charge in [-0.15, -0.1) is 0 Å². The summed E-state index contributed by atoms with van der Waals surface area (Å²) < 4.78 is 0. The summed E-state index contributed by atoms with van der Waals surface area (Å²) >= 11 is 1.96. The number of hydrogen-bond donors (Lipinski definition) is 2. The van der Waals surface area contributed by atoms with Crippen LogP contribution in [0.2, 0.25) is 0 Å². The van der Waals surface area contributed by atoms with Gasteiger partial charge in [0.1, 0.15) is 0 Å². The van der Waals surface area contributed by atoms with Crippen molar-refractivity contribution in [1.82, 2.24) is 0 Å². The highest BCUT2D eigenvalue weighted by Crippen LogP contribution is 2.36. The molecule has 1 fully saturated rings. The second kappa shape index (κ2) is 6.12. The van der Waals surface area contributed by atoms with Crippen molar-refractivity contribution in [2.75, 3.05) is 12.4 Å². The van der Waals surface area contributed by atoms with Crippen LogP contribution in [0, 0.1) is 17.8 Å². The van der Waals surface area contributed by atoms with Gasteiger partial charge < -0.3 is 10.8 Å². The van der Waals surface area contributed by atoms with Gasteiger partial charge in [0.25, 0.3) is 0 Å². The molecule has 0 amide bonds. The first-order chi connectivity index (χ1) is 7.04. The third-order valence-corrected chi connectivity index (χ3v) is 5.28. The van der Waals surface area contributed by atoms with Gasteiger partial charge in [-0.25, -0.2) is 0 Å². The quantitative estimate of drug-likeness (QED) is 0.779. The molecule has 5 unspecified atom stereocenters. The van der Waals surface area contributed by atoms with E-state index in [1.54, 1.807) is 0 Å². The molecule has 0 heterocycles. The van der Waals surface area contributed by atoms with Gasteiger partial charge in [-0.1, -0.05) is 20.8 Å². The van der Waals surface area contributed by atoms with E-state index >= 15 is 0 Å². The van der Waals surface area contributed by atoms with Crippen LogP contribution in [-0.4, -0.2) is 28.8 Å². The molecule has 1 aliphatic carbocycles. The third kappa shape index (κ3) is 3.97. The monoisotopic (exact) mass is 231 g/mol. The van der Waals surface area contributed by atoms with Crippen LogP contribution in [0.3, 0.4) is 0 Å². The minimum absolute atomic E-state index is 0.291. The van der Waals surface area contributed by atoms with E-state index in [1.807, 2.05) is 11.8 Å². The van der Waals surface area contributed by atoms with E-state index in [-0.39, 0.29) is 0 Å². The molecule has 0 spiro atoms. The maximum Gasteiger partial charge on any atom is 0.0464 e. The molecular formula is C12H25NOS. The molecule has 0 saturated heterocycles. The van der Waals surface area contributed by atoms with Crippen molar-refractivity contribution in [1.29, 1.82) is 0 Å². The summed E-state index contributed by atoms with van der Waals surface area (Å²) in [5.41, 5.74) is 6.20. The number of rotatable bonds is 4. The van der Waals surface area contributed by atoms with E-state index in [9.17, 15) is 0 Å². The topological polar surface area (TPSA) is 46.2 Å². The van der Waals surface area contributed by atoms with Crippen LogP contribution in [0.15, 0.2) is 0 Å². The number of thioether (sulfide) groups is 1. The van der Waals surface area contributed by atoms with Crippen molar-refractivity contribution < 1.29 is 5.11 Å². The van der Waals surface area contributed by atoms with Gasteiger partial charge in [0.15, 0.2) is 0 Å². The molecule has 0 aromatic rings. The van der Waals surface area contributed by atoms with Crippen molar-refractivity contribution >= 4 is 11.8 Å². The Labute approximate surface area is 98.0 Å². The lowest BCUT2D eigenvalue weighted by Gasteiger charge is -2.37. The molecule has 0 radical (unpaired) electrons. The summed E-state index contributed by atoms with van der Waals surface area (Å²) in [5, 5.41) is 9.59. The molecule has 3 heteroatoms. The zero-order valence-corrected chi connectivity index (χ0v) is 11.0. The van der Waals surface area contributed by atoms with Gasteiger partial charge in [-0.05, 0) is 36.3 Å². The normalized spacial score (nSPS) is 39.0. The van der Waals surface area contributed by atoms with E-state index in [0.717, 1.165) is 24.0 Å². The summed E-state index contributed by atoms with van der Waals surface area (Å²) in [5.74, 6) is 2.93. The standard InChI is InChI=1S/C12H25NOS/c1-8-4-10(3)12(11(13)5-8)15-7-9(2)6-14/h8-12,14H,4-7,13H2,1-3H3. The van der Waals surface area contributed by atoms with Crippen LogP contribution < -0.4 is 5.73 Å². The molecule has 1 saturated carbocycles. The first-order valence-electron chi connectivity index (χ1n) is 6.02. The molecule has 0 aromatic heterocycles. The Hall–Kier alpha value is 0.270. The van der Waals surface area contributed by atoms with Gasteiger partial charge in [0, 0.05) is 17.9 Å². The molecule has 0 bridgehead atoms. The molecule has 0 aliphatic heterocycles. The highest BCUT2D eigenvalue weighted by molar-refractivity contribution is 8.00. The molecule has 2 nitrogen and oxygen atoms in total. The molecule has 15 heavy (non-hydrogen) atoms. The highest BCUT2D eigenvalue weighted by Gasteiger charge is 2.32. The Morgan fingerprint density at radius 3 is 2.60 bits per heavy atom.